The SMILES string of the molecule is CC(C)COC1CCN(C(=O)[C@@]23CCCC[C@H]2CNC3)C1. The third-order valence-corrected chi connectivity index (χ3v) is 5.56. The zero-order valence-corrected chi connectivity index (χ0v) is 13.6. The standard InChI is InChI=1S/C17H30N2O2/c1-13(2)11-21-15-6-8-19(10-15)16(20)17-7-4-3-5-14(17)9-18-12-17/h13-15,18H,3-12H2,1-2H3/t14-,15?,17+/m0/s1. The Hall–Kier alpha value is -0.610. The number of carbonyl (C=O) groups excluding carboxylic acids is 1. The molecule has 0 bridgehead atoms. The van der Waals surface area contributed by atoms with Gasteiger partial charge in [-0.05, 0) is 37.6 Å². The van der Waals surface area contributed by atoms with Crippen LogP contribution in [0.15, 0.2) is 0 Å². The Morgan fingerprint density at radius 1 is 1.38 bits per heavy atom. The fourth-order valence-electron chi connectivity index (χ4n) is 4.36. The maximum atomic E-state index is 13.1. The van der Waals surface area contributed by atoms with Crippen molar-refractivity contribution in [2.24, 2.45) is 17.3 Å². The average Bonchev–Trinajstić information content (AvgIpc) is 3.11. The van der Waals surface area contributed by atoms with E-state index in [1.807, 2.05) is 0 Å². The number of ether oxygens (including phenoxy) is 1. The summed E-state index contributed by atoms with van der Waals surface area (Å²) in [6.45, 7) is 8.77. The molecular weight excluding hydrogens is 264 g/mol. The van der Waals surface area contributed by atoms with Gasteiger partial charge in [0.15, 0.2) is 0 Å². The number of carbonyl (C=O) groups is 1. The molecule has 1 aliphatic carbocycles. The lowest BCUT2D eigenvalue weighted by Crippen LogP contribution is -2.49. The Bertz CT molecular complexity index is 385. The topological polar surface area (TPSA) is 41.6 Å². The van der Waals surface area contributed by atoms with Gasteiger partial charge in [-0.1, -0.05) is 26.7 Å². The van der Waals surface area contributed by atoms with Crippen molar-refractivity contribution in [3.8, 4) is 0 Å². The average molecular weight is 294 g/mol. The summed E-state index contributed by atoms with van der Waals surface area (Å²) in [6.07, 6.45) is 6.07. The van der Waals surface area contributed by atoms with E-state index in [-0.39, 0.29) is 11.5 Å². The van der Waals surface area contributed by atoms with Crippen molar-refractivity contribution in [1.82, 2.24) is 10.2 Å². The fraction of sp³-hybridized carbons (Fsp3) is 0.941. The molecule has 0 aromatic rings. The zero-order chi connectivity index (χ0) is 14.9. The van der Waals surface area contributed by atoms with E-state index < -0.39 is 0 Å². The molecule has 1 N–H and O–H groups in total. The van der Waals surface area contributed by atoms with Gasteiger partial charge in [0, 0.05) is 26.2 Å². The molecule has 3 atom stereocenters. The maximum absolute atomic E-state index is 13.1. The van der Waals surface area contributed by atoms with Crippen LogP contribution in [0.2, 0.25) is 0 Å². The first-order valence-corrected chi connectivity index (χ1v) is 8.73. The van der Waals surface area contributed by atoms with Crippen molar-refractivity contribution in [2.75, 3.05) is 32.8 Å². The van der Waals surface area contributed by atoms with Gasteiger partial charge in [0.2, 0.25) is 5.91 Å². The van der Waals surface area contributed by atoms with E-state index in [2.05, 4.69) is 24.1 Å². The second-order valence-corrected chi connectivity index (χ2v) is 7.62. The molecule has 0 aromatic heterocycles. The first kappa shape index (κ1) is 15.3. The van der Waals surface area contributed by atoms with Crippen LogP contribution in [0.3, 0.4) is 0 Å². The van der Waals surface area contributed by atoms with E-state index in [1.165, 1.54) is 19.3 Å². The minimum atomic E-state index is -0.0921. The summed E-state index contributed by atoms with van der Waals surface area (Å²) >= 11 is 0. The van der Waals surface area contributed by atoms with Gasteiger partial charge in [0.05, 0.1) is 11.5 Å². The Kier molecular flexibility index (Phi) is 4.55. The second-order valence-electron chi connectivity index (χ2n) is 7.62. The molecule has 1 saturated carbocycles. The van der Waals surface area contributed by atoms with Crippen LogP contribution in [-0.2, 0) is 9.53 Å². The summed E-state index contributed by atoms with van der Waals surface area (Å²) in [5.41, 5.74) is -0.0921. The molecule has 2 heterocycles. The number of nitrogens with zero attached hydrogens (tertiary/aromatic N) is 1. The molecule has 3 aliphatic rings. The third kappa shape index (κ3) is 2.98. The molecule has 0 radical (unpaired) electrons. The van der Waals surface area contributed by atoms with E-state index >= 15 is 0 Å². The number of nitrogens with one attached hydrogen (secondary N) is 1. The first-order valence-electron chi connectivity index (χ1n) is 8.73. The zero-order valence-electron chi connectivity index (χ0n) is 13.6. The van der Waals surface area contributed by atoms with Crippen molar-refractivity contribution in [2.45, 2.75) is 52.1 Å². The molecule has 3 fully saturated rings. The van der Waals surface area contributed by atoms with Crippen LogP contribution in [-0.4, -0.2) is 49.7 Å². The minimum absolute atomic E-state index is 0.0921. The predicted octanol–water partition coefficient (Wildman–Crippen LogP) is 2.04. The molecule has 3 rings (SSSR count). The van der Waals surface area contributed by atoms with Gasteiger partial charge in [-0.2, -0.15) is 0 Å². The Balaban J connectivity index is 1.60. The molecule has 0 aromatic carbocycles. The molecule has 1 unspecified atom stereocenters. The van der Waals surface area contributed by atoms with Crippen molar-refractivity contribution < 1.29 is 9.53 Å². The Labute approximate surface area is 128 Å². The largest absolute Gasteiger partial charge is 0.376 e. The summed E-state index contributed by atoms with van der Waals surface area (Å²) in [6, 6.07) is 0. The first-order chi connectivity index (χ1) is 10.1. The van der Waals surface area contributed by atoms with Gasteiger partial charge in [0.1, 0.15) is 0 Å². The smallest absolute Gasteiger partial charge is 0.230 e. The van der Waals surface area contributed by atoms with Gasteiger partial charge in [-0.15, -0.1) is 0 Å². The van der Waals surface area contributed by atoms with Gasteiger partial charge in [0.25, 0.3) is 0 Å². The highest BCUT2D eigenvalue weighted by atomic mass is 16.5. The summed E-state index contributed by atoms with van der Waals surface area (Å²) in [7, 11) is 0. The lowest BCUT2D eigenvalue weighted by molar-refractivity contribution is -0.144. The Morgan fingerprint density at radius 3 is 3.05 bits per heavy atom. The lowest BCUT2D eigenvalue weighted by Gasteiger charge is -2.39. The predicted molar refractivity (Wildman–Crippen MR) is 83.0 cm³/mol. The maximum Gasteiger partial charge on any atom is 0.230 e. The fourth-order valence-corrected chi connectivity index (χ4v) is 4.36. The number of hydrogen-bond donors (Lipinski definition) is 1. The van der Waals surface area contributed by atoms with E-state index in [0.29, 0.717) is 17.7 Å². The van der Waals surface area contributed by atoms with E-state index in [4.69, 9.17) is 4.74 Å². The molecule has 1 amide bonds. The third-order valence-electron chi connectivity index (χ3n) is 5.56. The molecule has 120 valence electrons. The summed E-state index contributed by atoms with van der Waals surface area (Å²) in [5, 5.41) is 3.48. The number of likely N-dealkylation sites (tertiary alicyclic amines) is 1. The second kappa shape index (κ2) is 6.25. The van der Waals surface area contributed by atoms with E-state index in [1.54, 1.807) is 0 Å². The number of hydrogen-bond acceptors (Lipinski definition) is 3. The van der Waals surface area contributed by atoms with Crippen LogP contribution in [0.4, 0.5) is 0 Å². The van der Waals surface area contributed by atoms with Crippen molar-refractivity contribution in [3.63, 3.8) is 0 Å². The monoisotopic (exact) mass is 294 g/mol. The van der Waals surface area contributed by atoms with Gasteiger partial charge >= 0.3 is 0 Å². The highest BCUT2D eigenvalue weighted by Crippen LogP contribution is 2.45. The van der Waals surface area contributed by atoms with E-state index in [0.717, 1.165) is 45.6 Å². The molecule has 2 aliphatic heterocycles. The van der Waals surface area contributed by atoms with Crippen LogP contribution in [0.5, 0.6) is 0 Å². The van der Waals surface area contributed by atoms with E-state index in [9.17, 15) is 4.79 Å². The van der Waals surface area contributed by atoms with Crippen molar-refractivity contribution >= 4 is 5.91 Å². The van der Waals surface area contributed by atoms with Gasteiger partial charge in [-0.25, -0.2) is 0 Å². The highest BCUT2D eigenvalue weighted by Gasteiger charge is 2.52. The van der Waals surface area contributed by atoms with Crippen LogP contribution < -0.4 is 5.32 Å². The molecular formula is C17H30N2O2. The highest BCUT2D eigenvalue weighted by molar-refractivity contribution is 5.84. The van der Waals surface area contributed by atoms with Crippen LogP contribution >= 0.6 is 0 Å². The summed E-state index contributed by atoms with van der Waals surface area (Å²) in [4.78, 5) is 15.2. The van der Waals surface area contributed by atoms with Gasteiger partial charge < -0.3 is 15.0 Å². The lowest BCUT2D eigenvalue weighted by atomic mass is 9.67. The van der Waals surface area contributed by atoms with Crippen molar-refractivity contribution in [3.05, 3.63) is 0 Å². The normalized spacial score (nSPS) is 36.2. The molecule has 0 spiro atoms. The Morgan fingerprint density at radius 2 is 2.24 bits per heavy atom. The summed E-state index contributed by atoms with van der Waals surface area (Å²) in [5.74, 6) is 1.54. The number of rotatable bonds is 4. The number of fused-ring (bicyclic) bond motifs is 1. The number of amides is 1. The molecule has 4 nitrogen and oxygen atoms in total. The quantitative estimate of drug-likeness (QED) is 0.863. The van der Waals surface area contributed by atoms with Crippen molar-refractivity contribution in [1.29, 1.82) is 0 Å². The molecule has 2 saturated heterocycles. The molecule has 21 heavy (non-hydrogen) atoms. The molecule has 4 heteroatoms. The minimum Gasteiger partial charge on any atom is -0.376 e. The summed E-state index contributed by atoms with van der Waals surface area (Å²) < 4.78 is 5.93. The van der Waals surface area contributed by atoms with Crippen LogP contribution in [0.1, 0.15) is 46.0 Å². The van der Waals surface area contributed by atoms with Gasteiger partial charge in [-0.3, -0.25) is 4.79 Å². The van der Waals surface area contributed by atoms with Crippen LogP contribution in [0.25, 0.3) is 0 Å². The van der Waals surface area contributed by atoms with Crippen LogP contribution in [0, 0.1) is 17.3 Å².